The second-order valence-electron chi connectivity index (χ2n) is 4.69. The van der Waals surface area contributed by atoms with Crippen molar-refractivity contribution in [2.45, 2.75) is 38.5 Å². The molecular formula is C13H22N2O6P2. The minimum Gasteiger partial charge on any atom is -0.460 e. The van der Waals surface area contributed by atoms with Gasteiger partial charge >= 0.3 is 20.7 Å². The SMILES string of the molecule is C=C(C)C(=O)OCCNC(=O)NCCCCCC(OP=O)P=O. The Bertz CT molecular complexity index is 419. The molecule has 0 aromatic carbocycles. The van der Waals surface area contributed by atoms with Crippen LogP contribution in [0.2, 0.25) is 0 Å². The fraction of sp³-hybridized carbons (Fsp3) is 0.692. The summed E-state index contributed by atoms with van der Waals surface area (Å²) in [6.45, 7) is 5.81. The summed E-state index contributed by atoms with van der Waals surface area (Å²) in [7, 11) is -0.655. The van der Waals surface area contributed by atoms with E-state index in [1.807, 2.05) is 0 Å². The predicted molar refractivity (Wildman–Crippen MR) is 85.7 cm³/mol. The summed E-state index contributed by atoms with van der Waals surface area (Å²) < 4.78 is 30.4. The molecule has 0 aliphatic carbocycles. The van der Waals surface area contributed by atoms with Gasteiger partial charge in [0.05, 0.1) is 6.54 Å². The molecule has 0 aromatic heterocycles. The summed E-state index contributed by atoms with van der Waals surface area (Å²) in [6.07, 6.45) is 2.88. The van der Waals surface area contributed by atoms with Crippen molar-refractivity contribution in [1.29, 1.82) is 0 Å². The standard InChI is InChI=1S/C13H22N2O6P2/c1-10(2)12(16)20-9-8-15-13(17)14-7-5-3-4-6-11(22-18)21-23-19/h11H,1,3-9H2,2H3,(H2,14,15,17). The number of amides is 2. The first kappa shape index (κ1) is 21.6. The Morgan fingerprint density at radius 1 is 1.13 bits per heavy atom. The molecule has 0 saturated heterocycles. The van der Waals surface area contributed by atoms with Crippen LogP contribution in [0.5, 0.6) is 0 Å². The number of hydrogen-bond acceptors (Lipinski definition) is 6. The van der Waals surface area contributed by atoms with Gasteiger partial charge in [0.25, 0.3) is 0 Å². The first-order chi connectivity index (χ1) is 11.0. The van der Waals surface area contributed by atoms with Gasteiger partial charge in [-0.3, -0.25) is 9.09 Å². The summed E-state index contributed by atoms with van der Waals surface area (Å²) in [5.41, 5.74) is 0.313. The first-order valence-corrected chi connectivity index (χ1v) is 8.77. The van der Waals surface area contributed by atoms with Crippen molar-refractivity contribution < 1.29 is 28.0 Å². The number of unbranched alkanes of at least 4 members (excludes halogenated alkanes) is 2. The Morgan fingerprint density at radius 3 is 2.43 bits per heavy atom. The molecule has 0 aliphatic rings. The number of nitrogens with one attached hydrogen (secondary N) is 2. The van der Waals surface area contributed by atoms with E-state index in [0.29, 0.717) is 18.5 Å². The molecule has 0 aliphatic heterocycles. The van der Waals surface area contributed by atoms with Crippen LogP contribution in [-0.2, 0) is 23.2 Å². The highest BCUT2D eigenvalue weighted by Gasteiger charge is 2.08. The normalized spacial score (nSPS) is 11.9. The third-order valence-electron chi connectivity index (χ3n) is 2.66. The molecule has 0 aromatic rings. The van der Waals surface area contributed by atoms with Crippen LogP contribution >= 0.6 is 17.1 Å². The molecule has 1 unspecified atom stereocenters. The lowest BCUT2D eigenvalue weighted by molar-refractivity contribution is -0.138. The van der Waals surface area contributed by atoms with Gasteiger partial charge in [0.1, 0.15) is 6.61 Å². The highest BCUT2D eigenvalue weighted by atomic mass is 31.1. The lowest BCUT2D eigenvalue weighted by atomic mass is 10.2. The van der Waals surface area contributed by atoms with E-state index in [-0.39, 0.29) is 27.6 Å². The second-order valence-corrected chi connectivity index (χ2v) is 5.83. The van der Waals surface area contributed by atoms with Gasteiger partial charge in [0.2, 0.25) is 0 Å². The van der Waals surface area contributed by atoms with E-state index < -0.39 is 20.5 Å². The average Bonchev–Trinajstić information content (AvgIpc) is 2.53. The number of carbonyl (C=O) groups excluding carboxylic acids is 2. The zero-order chi connectivity index (χ0) is 17.5. The summed E-state index contributed by atoms with van der Waals surface area (Å²) >= 11 is 0. The molecule has 0 rings (SSSR count). The molecule has 2 amide bonds. The third-order valence-corrected chi connectivity index (χ3v) is 3.77. The predicted octanol–water partition coefficient (Wildman–Crippen LogP) is 2.81. The van der Waals surface area contributed by atoms with Crippen LogP contribution in [0.25, 0.3) is 0 Å². The largest absolute Gasteiger partial charge is 0.460 e. The Balaban J connectivity index is 3.50. The maximum Gasteiger partial charge on any atom is 0.333 e. The number of hydrogen-bond donors (Lipinski definition) is 2. The maximum atomic E-state index is 11.4. The van der Waals surface area contributed by atoms with E-state index in [4.69, 9.17) is 9.26 Å². The van der Waals surface area contributed by atoms with Gasteiger partial charge in [-0.2, -0.15) is 0 Å². The van der Waals surface area contributed by atoms with E-state index in [9.17, 15) is 18.7 Å². The van der Waals surface area contributed by atoms with Crippen LogP contribution in [0.4, 0.5) is 4.79 Å². The molecule has 0 saturated carbocycles. The van der Waals surface area contributed by atoms with Gasteiger partial charge in [0, 0.05) is 12.1 Å². The van der Waals surface area contributed by atoms with Crippen LogP contribution in [0, 0.1) is 0 Å². The smallest absolute Gasteiger partial charge is 0.333 e. The minimum atomic E-state index is -0.549. The van der Waals surface area contributed by atoms with Crippen LogP contribution in [0.1, 0.15) is 32.6 Å². The number of ether oxygens (including phenoxy) is 1. The lowest BCUT2D eigenvalue weighted by Crippen LogP contribution is -2.38. The maximum absolute atomic E-state index is 11.4. The Labute approximate surface area is 138 Å². The van der Waals surface area contributed by atoms with Crippen LogP contribution < -0.4 is 10.6 Å². The van der Waals surface area contributed by atoms with Crippen LogP contribution in [0.15, 0.2) is 12.2 Å². The van der Waals surface area contributed by atoms with Crippen molar-refractivity contribution in [3.8, 4) is 0 Å². The number of esters is 1. The number of carbonyl (C=O) groups is 2. The van der Waals surface area contributed by atoms with E-state index in [2.05, 4.69) is 17.2 Å². The minimum absolute atomic E-state index is 0.0912. The molecule has 8 nitrogen and oxygen atoms in total. The van der Waals surface area contributed by atoms with Crippen LogP contribution in [0.3, 0.4) is 0 Å². The van der Waals surface area contributed by atoms with Gasteiger partial charge in [-0.25, -0.2) is 14.2 Å². The Kier molecular flexibility index (Phi) is 13.4. The molecule has 2 N–H and O–H groups in total. The van der Waals surface area contributed by atoms with Crippen molar-refractivity contribution in [3.63, 3.8) is 0 Å². The molecular weight excluding hydrogens is 342 g/mol. The fourth-order valence-electron chi connectivity index (χ4n) is 1.49. The molecule has 0 bridgehead atoms. The zero-order valence-electron chi connectivity index (χ0n) is 13.1. The van der Waals surface area contributed by atoms with Crippen molar-refractivity contribution in [2.24, 2.45) is 0 Å². The van der Waals surface area contributed by atoms with Gasteiger partial charge in [-0.15, -0.1) is 0 Å². The summed E-state index contributed by atoms with van der Waals surface area (Å²) in [4.78, 5) is 22.5. The monoisotopic (exact) mass is 364 g/mol. The van der Waals surface area contributed by atoms with Gasteiger partial charge in [0.15, 0.2) is 14.3 Å². The van der Waals surface area contributed by atoms with E-state index >= 15 is 0 Å². The third kappa shape index (κ3) is 12.8. The lowest BCUT2D eigenvalue weighted by Gasteiger charge is -2.08. The Morgan fingerprint density at radius 2 is 1.83 bits per heavy atom. The van der Waals surface area contributed by atoms with Crippen molar-refractivity contribution in [1.82, 2.24) is 10.6 Å². The molecule has 10 heteroatoms. The molecule has 0 fully saturated rings. The van der Waals surface area contributed by atoms with Crippen molar-refractivity contribution in [3.05, 3.63) is 12.2 Å². The molecule has 0 heterocycles. The highest BCUT2D eigenvalue weighted by Crippen LogP contribution is 2.20. The quantitative estimate of drug-likeness (QED) is 0.225. The fourth-order valence-corrected chi connectivity index (χ4v) is 2.25. The second kappa shape index (κ2) is 14.2. The van der Waals surface area contributed by atoms with Gasteiger partial charge in [-0.1, -0.05) is 13.0 Å². The molecule has 0 radical (unpaired) electrons. The highest BCUT2D eigenvalue weighted by molar-refractivity contribution is 7.26. The molecule has 130 valence electrons. The number of urea groups is 1. The first-order valence-electron chi connectivity index (χ1n) is 7.16. The molecule has 1 atom stereocenters. The van der Waals surface area contributed by atoms with E-state index in [0.717, 1.165) is 19.3 Å². The molecule has 0 spiro atoms. The van der Waals surface area contributed by atoms with Crippen LogP contribution in [-0.4, -0.2) is 37.5 Å². The Hall–Kier alpha value is -1.36. The van der Waals surface area contributed by atoms with Crippen molar-refractivity contribution in [2.75, 3.05) is 19.7 Å². The topological polar surface area (TPSA) is 111 Å². The molecule has 23 heavy (non-hydrogen) atoms. The van der Waals surface area contributed by atoms with E-state index in [1.54, 1.807) is 6.92 Å². The number of rotatable bonds is 13. The average molecular weight is 364 g/mol. The zero-order valence-corrected chi connectivity index (χ0v) is 14.9. The van der Waals surface area contributed by atoms with Crippen molar-refractivity contribution >= 4 is 29.1 Å². The summed E-state index contributed by atoms with van der Waals surface area (Å²) in [5.74, 6) is -1.03. The van der Waals surface area contributed by atoms with E-state index in [1.165, 1.54) is 0 Å². The summed E-state index contributed by atoms with van der Waals surface area (Å²) in [6, 6.07) is -0.333. The van der Waals surface area contributed by atoms with Gasteiger partial charge in [-0.05, 0) is 26.2 Å². The summed E-state index contributed by atoms with van der Waals surface area (Å²) in [5, 5.41) is 5.22. The van der Waals surface area contributed by atoms with Gasteiger partial charge < -0.3 is 15.4 Å².